The van der Waals surface area contributed by atoms with E-state index in [0.717, 1.165) is 5.75 Å². The summed E-state index contributed by atoms with van der Waals surface area (Å²) in [6.45, 7) is 1.92. The van der Waals surface area contributed by atoms with Gasteiger partial charge in [-0.05, 0) is 25.4 Å². The van der Waals surface area contributed by atoms with E-state index < -0.39 is 5.60 Å². The lowest BCUT2D eigenvalue weighted by Gasteiger charge is -2.23. The predicted octanol–water partition coefficient (Wildman–Crippen LogP) is 0.710. The Balaban J connectivity index is 2.43. The topological polar surface area (TPSA) is 75.1 Å². The molecule has 6 heteroatoms. The van der Waals surface area contributed by atoms with Gasteiger partial charge in [0.1, 0.15) is 5.69 Å². The summed E-state index contributed by atoms with van der Waals surface area (Å²) in [5, 5.41) is 12.6. The molecular formula is C11H17N3O2S. The third-order valence-electron chi connectivity index (χ3n) is 2.27. The van der Waals surface area contributed by atoms with Crippen LogP contribution < -0.4 is 5.32 Å². The van der Waals surface area contributed by atoms with Crippen LogP contribution in [0.15, 0.2) is 18.6 Å². The third-order valence-corrected chi connectivity index (χ3v) is 2.88. The number of thioether (sulfide) groups is 1. The fourth-order valence-corrected chi connectivity index (χ4v) is 1.83. The maximum absolute atomic E-state index is 11.6. The van der Waals surface area contributed by atoms with Crippen molar-refractivity contribution in [1.29, 1.82) is 0 Å². The van der Waals surface area contributed by atoms with Crippen LogP contribution in [0.1, 0.15) is 23.8 Å². The average Bonchev–Trinajstić information content (AvgIpc) is 2.35. The molecule has 0 saturated heterocycles. The van der Waals surface area contributed by atoms with Crippen molar-refractivity contribution in [3.63, 3.8) is 0 Å². The number of nitrogens with one attached hydrogen (secondary N) is 1. The molecule has 0 saturated carbocycles. The van der Waals surface area contributed by atoms with E-state index in [9.17, 15) is 9.90 Å². The highest BCUT2D eigenvalue weighted by molar-refractivity contribution is 7.98. The van der Waals surface area contributed by atoms with E-state index in [1.807, 2.05) is 6.26 Å². The summed E-state index contributed by atoms with van der Waals surface area (Å²) in [6, 6.07) is 0. The van der Waals surface area contributed by atoms with Crippen LogP contribution in [0.5, 0.6) is 0 Å². The number of hydrogen-bond donors (Lipinski definition) is 2. The highest BCUT2D eigenvalue weighted by Gasteiger charge is 2.21. The van der Waals surface area contributed by atoms with Crippen LogP contribution in [0.25, 0.3) is 0 Å². The SMILES string of the molecule is CSCCC(C)(O)CNC(=O)c1cnccn1. The summed E-state index contributed by atoms with van der Waals surface area (Å²) < 4.78 is 0. The second kappa shape index (κ2) is 6.56. The summed E-state index contributed by atoms with van der Waals surface area (Å²) in [5.41, 5.74) is -0.630. The molecule has 17 heavy (non-hydrogen) atoms. The normalized spacial score (nSPS) is 14.1. The second-order valence-corrected chi connectivity index (χ2v) is 5.00. The zero-order valence-electron chi connectivity index (χ0n) is 10.0. The van der Waals surface area contributed by atoms with Crippen LogP contribution in [0.3, 0.4) is 0 Å². The van der Waals surface area contributed by atoms with E-state index in [4.69, 9.17) is 0 Å². The summed E-state index contributed by atoms with van der Waals surface area (Å²) in [5.74, 6) is 0.538. The van der Waals surface area contributed by atoms with E-state index in [-0.39, 0.29) is 18.1 Å². The standard InChI is InChI=1S/C11H17N3O2S/c1-11(16,3-6-17-2)8-14-10(15)9-7-12-4-5-13-9/h4-5,7,16H,3,6,8H2,1-2H3,(H,14,15). The molecule has 1 amide bonds. The quantitative estimate of drug-likeness (QED) is 0.783. The molecule has 1 aromatic heterocycles. The Bertz CT molecular complexity index is 357. The molecule has 1 atom stereocenters. The number of aliphatic hydroxyl groups is 1. The highest BCUT2D eigenvalue weighted by Crippen LogP contribution is 2.11. The van der Waals surface area contributed by atoms with Gasteiger partial charge in [0.15, 0.2) is 0 Å². The summed E-state index contributed by atoms with van der Waals surface area (Å²) in [4.78, 5) is 19.3. The molecule has 0 fully saturated rings. The van der Waals surface area contributed by atoms with Crippen molar-refractivity contribution in [2.75, 3.05) is 18.6 Å². The van der Waals surface area contributed by atoms with Crippen LogP contribution in [0.4, 0.5) is 0 Å². The molecule has 0 aliphatic carbocycles. The Morgan fingerprint density at radius 1 is 1.59 bits per heavy atom. The molecule has 0 aromatic carbocycles. The number of amides is 1. The molecular weight excluding hydrogens is 238 g/mol. The first-order valence-electron chi connectivity index (χ1n) is 5.31. The Labute approximate surface area is 105 Å². The fraction of sp³-hybridized carbons (Fsp3) is 0.545. The van der Waals surface area contributed by atoms with E-state index in [1.54, 1.807) is 18.7 Å². The van der Waals surface area contributed by atoms with Gasteiger partial charge >= 0.3 is 0 Å². The van der Waals surface area contributed by atoms with Crippen molar-refractivity contribution in [2.45, 2.75) is 18.9 Å². The van der Waals surface area contributed by atoms with Crippen molar-refractivity contribution in [1.82, 2.24) is 15.3 Å². The van der Waals surface area contributed by atoms with Gasteiger partial charge in [0.2, 0.25) is 0 Å². The second-order valence-electron chi connectivity index (χ2n) is 4.01. The van der Waals surface area contributed by atoms with Gasteiger partial charge in [0.05, 0.1) is 11.8 Å². The van der Waals surface area contributed by atoms with Crippen LogP contribution >= 0.6 is 11.8 Å². The molecule has 1 aromatic rings. The molecule has 0 spiro atoms. The Morgan fingerprint density at radius 2 is 2.35 bits per heavy atom. The maximum atomic E-state index is 11.6. The first-order chi connectivity index (χ1) is 8.05. The molecule has 2 N–H and O–H groups in total. The maximum Gasteiger partial charge on any atom is 0.271 e. The molecule has 0 aliphatic rings. The van der Waals surface area contributed by atoms with Crippen molar-refractivity contribution in [3.05, 3.63) is 24.3 Å². The largest absolute Gasteiger partial charge is 0.388 e. The smallest absolute Gasteiger partial charge is 0.271 e. The summed E-state index contributed by atoms with van der Waals surface area (Å²) in [6.07, 6.45) is 6.97. The lowest BCUT2D eigenvalue weighted by atomic mass is 10.0. The van der Waals surface area contributed by atoms with Crippen molar-refractivity contribution >= 4 is 17.7 Å². The van der Waals surface area contributed by atoms with E-state index in [2.05, 4.69) is 15.3 Å². The Kier molecular flexibility index (Phi) is 5.37. The van der Waals surface area contributed by atoms with Crippen molar-refractivity contribution < 1.29 is 9.90 Å². The van der Waals surface area contributed by atoms with E-state index in [0.29, 0.717) is 6.42 Å². The molecule has 1 rings (SSSR count). The first kappa shape index (κ1) is 13.9. The lowest BCUT2D eigenvalue weighted by Crippen LogP contribution is -2.41. The zero-order chi connectivity index (χ0) is 12.7. The number of nitrogens with zero attached hydrogens (tertiary/aromatic N) is 2. The highest BCUT2D eigenvalue weighted by atomic mass is 32.2. The van der Waals surface area contributed by atoms with Crippen molar-refractivity contribution in [3.8, 4) is 0 Å². The molecule has 94 valence electrons. The minimum atomic E-state index is -0.888. The van der Waals surface area contributed by atoms with Gasteiger partial charge in [-0.1, -0.05) is 0 Å². The van der Waals surface area contributed by atoms with Crippen LogP contribution in [-0.4, -0.2) is 45.1 Å². The van der Waals surface area contributed by atoms with Crippen LogP contribution in [0, 0.1) is 0 Å². The van der Waals surface area contributed by atoms with E-state index in [1.165, 1.54) is 18.6 Å². The van der Waals surface area contributed by atoms with Gasteiger partial charge < -0.3 is 10.4 Å². The Morgan fingerprint density at radius 3 is 2.94 bits per heavy atom. The van der Waals surface area contributed by atoms with Gasteiger partial charge in [0.25, 0.3) is 5.91 Å². The molecule has 1 heterocycles. The fourth-order valence-electron chi connectivity index (χ4n) is 1.19. The monoisotopic (exact) mass is 255 g/mol. The van der Waals surface area contributed by atoms with Gasteiger partial charge in [-0.3, -0.25) is 9.78 Å². The summed E-state index contributed by atoms with van der Waals surface area (Å²) in [7, 11) is 0. The number of rotatable bonds is 6. The number of carbonyl (C=O) groups excluding carboxylic acids is 1. The summed E-state index contributed by atoms with van der Waals surface area (Å²) >= 11 is 1.66. The lowest BCUT2D eigenvalue weighted by molar-refractivity contribution is 0.0527. The first-order valence-corrected chi connectivity index (χ1v) is 6.70. The van der Waals surface area contributed by atoms with Gasteiger partial charge in [-0.25, -0.2) is 4.98 Å². The minimum Gasteiger partial charge on any atom is -0.388 e. The van der Waals surface area contributed by atoms with Gasteiger partial charge in [-0.15, -0.1) is 0 Å². The molecule has 0 bridgehead atoms. The van der Waals surface area contributed by atoms with Gasteiger partial charge in [-0.2, -0.15) is 11.8 Å². The number of hydrogen-bond acceptors (Lipinski definition) is 5. The zero-order valence-corrected chi connectivity index (χ0v) is 10.8. The predicted molar refractivity (Wildman–Crippen MR) is 68.0 cm³/mol. The molecule has 1 unspecified atom stereocenters. The minimum absolute atomic E-state index is 0.211. The number of carbonyl (C=O) groups is 1. The third kappa shape index (κ3) is 5.14. The molecule has 0 aliphatic heterocycles. The van der Waals surface area contributed by atoms with Crippen LogP contribution in [-0.2, 0) is 0 Å². The molecule has 5 nitrogen and oxygen atoms in total. The van der Waals surface area contributed by atoms with Crippen molar-refractivity contribution in [2.24, 2.45) is 0 Å². The van der Waals surface area contributed by atoms with Crippen LogP contribution in [0.2, 0.25) is 0 Å². The van der Waals surface area contributed by atoms with Gasteiger partial charge in [0, 0.05) is 18.9 Å². The van der Waals surface area contributed by atoms with E-state index >= 15 is 0 Å². The Hall–Kier alpha value is -1.14. The molecule has 0 radical (unpaired) electrons. The number of aromatic nitrogens is 2. The average molecular weight is 255 g/mol.